The van der Waals surface area contributed by atoms with E-state index in [-0.39, 0.29) is 11.9 Å². The molecule has 1 aromatic heterocycles. The predicted octanol–water partition coefficient (Wildman–Crippen LogP) is 2.43. The molecule has 19 heavy (non-hydrogen) atoms. The smallest absolute Gasteiger partial charge is 0.150 e. The molecule has 0 amide bonds. The minimum atomic E-state index is -0.367. The Morgan fingerprint density at radius 1 is 1.53 bits per heavy atom. The molecule has 0 fully saturated rings. The Labute approximate surface area is 112 Å². The first kappa shape index (κ1) is 13.5. The van der Waals surface area contributed by atoms with Crippen LogP contribution < -0.4 is 10.6 Å². The summed E-state index contributed by atoms with van der Waals surface area (Å²) >= 11 is 0. The van der Waals surface area contributed by atoms with Gasteiger partial charge in [-0.2, -0.15) is 0 Å². The van der Waals surface area contributed by atoms with E-state index >= 15 is 0 Å². The third kappa shape index (κ3) is 2.46. The monoisotopic (exact) mass is 263 g/mol. The van der Waals surface area contributed by atoms with E-state index in [4.69, 9.17) is 10.5 Å². The van der Waals surface area contributed by atoms with Crippen LogP contribution in [0.1, 0.15) is 6.92 Å². The lowest BCUT2D eigenvalue weighted by Gasteiger charge is -2.27. The molecule has 0 saturated carbocycles. The lowest BCUT2D eigenvalue weighted by atomic mass is 10.1. The van der Waals surface area contributed by atoms with Crippen LogP contribution in [0.5, 0.6) is 0 Å². The number of anilines is 2. The number of nitrogens with two attached hydrogens (primary N) is 1. The van der Waals surface area contributed by atoms with E-state index in [1.165, 1.54) is 6.07 Å². The van der Waals surface area contributed by atoms with Crippen molar-refractivity contribution < 1.29 is 9.13 Å². The van der Waals surface area contributed by atoms with Crippen LogP contribution in [-0.2, 0) is 4.74 Å². The number of nitrogens with zero attached hydrogens (tertiary/aromatic N) is 2. The van der Waals surface area contributed by atoms with Gasteiger partial charge >= 0.3 is 0 Å². The van der Waals surface area contributed by atoms with E-state index in [1.54, 1.807) is 19.4 Å². The molecule has 0 saturated heterocycles. The van der Waals surface area contributed by atoms with Gasteiger partial charge in [0.05, 0.1) is 17.8 Å². The van der Waals surface area contributed by atoms with E-state index in [2.05, 4.69) is 4.98 Å². The number of halogens is 1. The molecule has 0 aliphatic carbocycles. The first-order valence-electron chi connectivity index (χ1n) is 6.10. The summed E-state index contributed by atoms with van der Waals surface area (Å²) in [6.07, 6.45) is 1.64. The molecule has 0 aliphatic heterocycles. The number of nitrogen functional groups attached to an aromatic ring is 1. The largest absolute Gasteiger partial charge is 0.398 e. The summed E-state index contributed by atoms with van der Waals surface area (Å²) in [5.41, 5.74) is 7.27. The Hall–Kier alpha value is -1.88. The quantitative estimate of drug-likeness (QED) is 0.861. The molecule has 4 nitrogen and oxygen atoms in total. The lowest BCUT2D eigenvalue weighted by molar-refractivity contribution is 0.183. The van der Waals surface area contributed by atoms with Crippen LogP contribution in [-0.4, -0.2) is 31.8 Å². The van der Waals surface area contributed by atoms with Crippen molar-refractivity contribution in [3.63, 3.8) is 0 Å². The molecule has 102 valence electrons. The second-order valence-electron chi connectivity index (χ2n) is 4.61. The molecule has 0 radical (unpaired) electrons. The third-order valence-corrected chi connectivity index (χ3v) is 3.27. The van der Waals surface area contributed by atoms with Gasteiger partial charge in [-0.1, -0.05) is 0 Å². The lowest BCUT2D eigenvalue weighted by Crippen LogP contribution is -2.33. The zero-order chi connectivity index (χ0) is 14.0. The number of aromatic nitrogens is 1. The Morgan fingerprint density at radius 2 is 2.26 bits per heavy atom. The van der Waals surface area contributed by atoms with Crippen LogP contribution >= 0.6 is 0 Å². The van der Waals surface area contributed by atoms with Gasteiger partial charge < -0.3 is 15.4 Å². The Kier molecular flexibility index (Phi) is 3.85. The van der Waals surface area contributed by atoms with Gasteiger partial charge in [0.25, 0.3) is 0 Å². The number of methoxy groups -OCH3 is 1. The average Bonchev–Trinajstić information content (AvgIpc) is 2.39. The average molecular weight is 263 g/mol. The van der Waals surface area contributed by atoms with E-state index in [9.17, 15) is 4.39 Å². The minimum absolute atomic E-state index is 0.0355. The second kappa shape index (κ2) is 5.40. The molecule has 5 heteroatoms. The Balaban J connectivity index is 2.59. The summed E-state index contributed by atoms with van der Waals surface area (Å²) in [6, 6.07) is 5.01. The second-order valence-corrected chi connectivity index (χ2v) is 4.61. The van der Waals surface area contributed by atoms with E-state index in [0.29, 0.717) is 23.5 Å². The molecule has 1 aromatic carbocycles. The Morgan fingerprint density at radius 3 is 2.95 bits per heavy atom. The topological polar surface area (TPSA) is 51.4 Å². The highest BCUT2D eigenvalue weighted by Crippen LogP contribution is 2.32. The number of ether oxygens (including phenoxy) is 1. The fourth-order valence-electron chi connectivity index (χ4n) is 2.13. The summed E-state index contributed by atoms with van der Waals surface area (Å²) in [5.74, 6) is -0.367. The molecule has 1 unspecified atom stereocenters. The maximum atomic E-state index is 14.2. The number of fused-ring (bicyclic) bond motifs is 1. The standard InChI is InChI=1S/C14H18FN3O/c1-9(8-19-3)18(2)14-11(15)7-12(16)10-5-4-6-17-13(10)14/h4-7,9H,8,16H2,1-3H3. The third-order valence-electron chi connectivity index (χ3n) is 3.27. The van der Waals surface area contributed by atoms with Crippen molar-refractivity contribution in [1.82, 2.24) is 4.98 Å². The fraction of sp³-hybridized carbons (Fsp3) is 0.357. The molecular formula is C14H18FN3O. The van der Waals surface area contributed by atoms with Crippen molar-refractivity contribution in [3.8, 4) is 0 Å². The van der Waals surface area contributed by atoms with Gasteiger partial charge in [-0.15, -0.1) is 0 Å². The van der Waals surface area contributed by atoms with Gasteiger partial charge in [0, 0.05) is 37.5 Å². The number of hydrogen-bond acceptors (Lipinski definition) is 4. The van der Waals surface area contributed by atoms with Gasteiger partial charge in [-0.05, 0) is 25.1 Å². The van der Waals surface area contributed by atoms with Gasteiger partial charge in [-0.25, -0.2) is 4.39 Å². The van der Waals surface area contributed by atoms with Crippen molar-refractivity contribution in [2.24, 2.45) is 0 Å². The van der Waals surface area contributed by atoms with Crippen molar-refractivity contribution >= 4 is 22.3 Å². The van der Waals surface area contributed by atoms with Crippen LogP contribution in [0, 0.1) is 5.82 Å². The molecule has 1 atom stereocenters. The molecule has 0 aliphatic rings. The van der Waals surface area contributed by atoms with Crippen LogP contribution in [0.15, 0.2) is 24.4 Å². The van der Waals surface area contributed by atoms with Crippen molar-refractivity contribution in [2.45, 2.75) is 13.0 Å². The van der Waals surface area contributed by atoms with Crippen molar-refractivity contribution in [3.05, 3.63) is 30.2 Å². The fourth-order valence-corrected chi connectivity index (χ4v) is 2.13. The summed E-state index contributed by atoms with van der Waals surface area (Å²) in [5, 5.41) is 0.760. The highest BCUT2D eigenvalue weighted by Gasteiger charge is 2.19. The minimum Gasteiger partial charge on any atom is -0.398 e. The summed E-state index contributed by atoms with van der Waals surface area (Å²) in [7, 11) is 3.45. The van der Waals surface area contributed by atoms with Crippen LogP contribution in [0.2, 0.25) is 0 Å². The van der Waals surface area contributed by atoms with Gasteiger partial charge in [0.1, 0.15) is 0 Å². The molecule has 0 spiro atoms. The van der Waals surface area contributed by atoms with Crippen LogP contribution in [0.3, 0.4) is 0 Å². The Bertz CT molecular complexity index is 588. The van der Waals surface area contributed by atoms with Gasteiger partial charge in [0.15, 0.2) is 5.82 Å². The van der Waals surface area contributed by atoms with E-state index in [0.717, 1.165) is 5.39 Å². The highest BCUT2D eigenvalue weighted by molar-refractivity contribution is 5.98. The molecular weight excluding hydrogens is 245 g/mol. The summed E-state index contributed by atoms with van der Waals surface area (Å²) in [4.78, 5) is 6.09. The molecule has 2 aromatic rings. The summed E-state index contributed by atoms with van der Waals surface area (Å²) < 4.78 is 19.3. The molecule has 2 N–H and O–H groups in total. The first-order valence-corrected chi connectivity index (χ1v) is 6.10. The highest BCUT2D eigenvalue weighted by atomic mass is 19.1. The number of pyridine rings is 1. The first-order chi connectivity index (χ1) is 9.06. The molecule has 1 heterocycles. The van der Waals surface area contributed by atoms with Crippen molar-refractivity contribution in [1.29, 1.82) is 0 Å². The number of benzene rings is 1. The molecule has 2 rings (SSSR count). The SMILES string of the molecule is COCC(C)N(C)c1c(F)cc(N)c2cccnc12. The predicted molar refractivity (Wildman–Crippen MR) is 75.9 cm³/mol. The van der Waals surface area contributed by atoms with Gasteiger partial charge in [0.2, 0.25) is 0 Å². The summed E-state index contributed by atoms with van der Waals surface area (Å²) in [6.45, 7) is 2.47. The van der Waals surface area contributed by atoms with Crippen LogP contribution in [0.25, 0.3) is 10.9 Å². The number of hydrogen-bond donors (Lipinski definition) is 1. The maximum absolute atomic E-state index is 14.2. The van der Waals surface area contributed by atoms with Crippen molar-refractivity contribution in [2.75, 3.05) is 31.4 Å². The number of likely N-dealkylation sites (N-methyl/N-ethyl adjacent to an activating group) is 1. The zero-order valence-electron chi connectivity index (χ0n) is 11.4. The van der Waals surface area contributed by atoms with E-state index in [1.807, 2.05) is 24.9 Å². The van der Waals surface area contributed by atoms with Crippen LogP contribution in [0.4, 0.5) is 15.8 Å². The zero-order valence-corrected chi connectivity index (χ0v) is 11.4. The number of rotatable bonds is 4. The maximum Gasteiger partial charge on any atom is 0.150 e. The molecule has 0 bridgehead atoms. The van der Waals surface area contributed by atoms with E-state index < -0.39 is 0 Å². The normalized spacial score (nSPS) is 12.6. The van der Waals surface area contributed by atoms with Gasteiger partial charge in [-0.3, -0.25) is 4.98 Å².